The Labute approximate surface area is 157 Å². The first-order chi connectivity index (χ1) is 13.0. The van der Waals surface area contributed by atoms with Crippen LogP contribution in [0.2, 0.25) is 0 Å². The highest BCUT2D eigenvalue weighted by Gasteiger charge is 2.19. The molecule has 0 atom stereocenters. The van der Waals surface area contributed by atoms with E-state index in [0.717, 1.165) is 31.5 Å². The highest BCUT2D eigenvalue weighted by molar-refractivity contribution is 5.95. The Hall–Kier alpha value is -3.35. The lowest BCUT2D eigenvalue weighted by Gasteiger charge is -2.15. The van der Waals surface area contributed by atoms with Gasteiger partial charge in [0.2, 0.25) is 0 Å². The molecule has 0 aromatic heterocycles. The third kappa shape index (κ3) is 4.84. The van der Waals surface area contributed by atoms with Crippen molar-refractivity contribution in [2.24, 2.45) is 0 Å². The summed E-state index contributed by atoms with van der Waals surface area (Å²) >= 11 is 0. The standard InChI is InChI=1S/C20H21N3O4/c24-18(23-11-1-2-12-23)15-7-9-17(10-8-15)22-20(27)21-13-14-3-5-16(6-4-14)19(25)26/h3-10H,1-2,11-13H2,(H,25,26)(H2,21,22,27). The zero-order valence-corrected chi connectivity index (χ0v) is 14.8. The van der Waals surface area contributed by atoms with Gasteiger partial charge in [-0.05, 0) is 54.8 Å². The molecular formula is C20H21N3O4. The average molecular weight is 367 g/mol. The number of carboxylic acids is 1. The van der Waals surface area contributed by atoms with Crippen molar-refractivity contribution in [1.29, 1.82) is 0 Å². The van der Waals surface area contributed by atoms with Crippen molar-refractivity contribution in [3.05, 3.63) is 65.2 Å². The molecule has 0 radical (unpaired) electrons. The number of benzene rings is 2. The maximum Gasteiger partial charge on any atom is 0.335 e. The number of carbonyl (C=O) groups is 3. The first-order valence-corrected chi connectivity index (χ1v) is 8.79. The highest BCUT2D eigenvalue weighted by atomic mass is 16.4. The van der Waals surface area contributed by atoms with E-state index in [1.807, 2.05) is 4.90 Å². The van der Waals surface area contributed by atoms with E-state index < -0.39 is 5.97 Å². The summed E-state index contributed by atoms with van der Waals surface area (Å²) in [4.78, 5) is 36.9. The maximum absolute atomic E-state index is 12.3. The number of aromatic carboxylic acids is 1. The van der Waals surface area contributed by atoms with Gasteiger partial charge < -0.3 is 20.6 Å². The number of carbonyl (C=O) groups excluding carboxylic acids is 2. The Kier molecular flexibility index (Phi) is 5.71. The zero-order valence-electron chi connectivity index (χ0n) is 14.8. The van der Waals surface area contributed by atoms with E-state index in [4.69, 9.17) is 5.11 Å². The molecule has 2 aromatic rings. The van der Waals surface area contributed by atoms with E-state index in [0.29, 0.717) is 11.3 Å². The number of anilines is 1. The second-order valence-electron chi connectivity index (χ2n) is 6.39. The monoisotopic (exact) mass is 367 g/mol. The molecule has 1 fully saturated rings. The molecule has 3 N–H and O–H groups in total. The number of nitrogens with zero attached hydrogens (tertiary/aromatic N) is 1. The van der Waals surface area contributed by atoms with Crippen LogP contribution in [0.25, 0.3) is 0 Å². The SMILES string of the molecule is O=C(NCc1ccc(C(=O)O)cc1)Nc1ccc(C(=O)N2CCCC2)cc1. The molecule has 7 nitrogen and oxygen atoms in total. The summed E-state index contributed by atoms with van der Waals surface area (Å²) in [5.41, 5.74) is 2.20. The van der Waals surface area contributed by atoms with Gasteiger partial charge in [0.15, 0.2) is 0 Å². The van der Waals surface area contributed by atoms with Crippen molar-refractivity contribution in [1.82, 2.24) is 10.2 Å². The van der Waals surface area contributed by atoms with Gasteiger partial charge in [-0.3, -0.25) is 4.79 Å². The summed E-state index contributed by atoms with van der Waals surface area (Å²) in [5, 5.41) is 14.3. The largest absolute Gasteiger partial charge is 0.478 e. The molecule has 0 bridgehead atoms. The van der Waals surface area contributed by atoms with Crippen LogP contribution in [0.3, 0.4) is 0 Å². The van der Waals surface area contributed by atoms with Crippen LogP contribution in [0.5, 0.6) is 0 Å². The van der Waals surface area contributed by atoms with Crippen LogP contribution >= 0.6 is 0 Å². The second-order valence-corrected chi connectivity index (χ2v) is 6.39. The molecule has 1 saturated heterocycles. The van der Waals surface area contributed by atoms with E-state index >= 15 is 0 Å². The predicted molar refractivity (Wildman–Crippen MR) is 101 cm³/mol. The van der Waals surface area contributed by atoms with Crippen LogP contribution in [0.1, 0.15) is 39.1 Å². The summed E-state index contributed by atoms with van der Waals surface area (Å²) in [5.74, 6) is -0.966. The lowest BCUT2D eigenvalue weighted by molar-refractivity contribution is 0.0696. The molecule has 2 aromatic carbocycles. The molecule has 0 spiro atoms. The molecule has 1 aliphatic rings. The topological polar surface area (TPSA) is 98.7 Å². The molecular weight excluding hydrogens is 346 g/mol. The van der Waals surface area contributed by atoms with Gasteiger partial charge in [-0.25, -0.2) is 9.59 Å². The van der Waals surface area contributed by atoms with Crippen LogP contribution in [-0.2, 0) is 6.54 Å². The molecule has 3 rings (SSSR count). The average Bonchev–Trinajstić information content (AvgIpc) is 3.21. The first-order valence-electron chi connectivity index (χ1n) is 8.79. The number of nitrogens with one attached hydrogen (secondary N) is 2. The third-order valence-corrected chi connectivity index (χ3v) is 4.44. The van der Waals surface area contributed by atoms with Crippen molar-refractivity contribution < 1.29 is 19.5 Å². The molecule has 1 heterocycles. The molecule has 0 aliphatic carbocycles. The number of hydrogen-bond acceptors (Lipinski definition) is 3. The van der Waals surface area contributed by atoms with Crippen molar-refractivity contribution in [2.75, 3.05) is 18.4 Å². The van der Waals surface area contributed by atoms with E-state index in [2.05, 4.69) is 10.6 Å². The Morgan fingerprint density at radius 3 is 2.07 bits per heavy atom. The van der Waals surface area contributed by atoms with Crippen LogP contribution in [0, 0.1) is 0 Å². The lowest BCUT2D eigenvalue weighted by Crippen LogP contribution is -2.28. The fraction of sp³-hybridized carbons (Fsp3) is 0.250. The van der Waals surface area contributed by atoms with Gasteiger partial charge in [-0.1, -0.05) is 12.1 Å². The lowest BCUT2D eigenvalue weighted by atomic mass is 10.1. The number of likely N-dealkylation sites (tertiary alicyclic amines) is 1. The Morgan fingerprint density at radius 2 is 1.48 bits per heavy atom. The fourth-order valence-corrected chi connectivity index (χ4v) is 2.92. The number of carboxylic acid groups (broad SMARTS) is 1. The van der Waals surface area contributed by atoms with E-state index in [-0.39, 0.29) is 24.0 Å². The van der Waals surface area contributed by atoms with Gasteiger partial charge in [0.05, 0.1) is 5.56 Å². The van der Waals surface area contributed by atoms with E-state index in [1.54, 1.807) is 36.4 Å². The summed E-state index contributed by atoms with van der Waals surface area (Å²) in [6.07, 6.45) is 2.09. The summed E-state index contributed by atoms with van der Waals surface area (Å²) in [6.45, 7) is 1.88. The smallest absolute Gasteiger partial charge is 0.335 e. The minimum absolute atomic E-state index is 0.0216. The maximum atomic E-state index is 12.3. The molecule has 0 saturated carbocycles. The van der Waals surface area contributed by atoms with Gasteiger partial charge >= 0.3 is 12.0 Å². The quantitative estimate of drug-likeness (QED) is 0.757. The summed E-state index contributed by atoms with van der Waals surface area (Å²) in [7, 11) is 0. The predicted octanol–water partition coefficient (Wildman–Crippen LogP) is 2.94. The van der Waals surface area contributed by atoms with Crippen LogP contribution in [-0.4, -0.2) is 41.0 Å². The Bertz CT molecular complexity index is 825. The molecule has 27 heavy (non-hydrogen) atoms. The van der Waals surface area contributed by atoms with Crippen LogP contribution < -0.4 is 10.6 Å². The van der Waals surface area contributed by atoms with Crippen molar-refractivity contribution >= 4 is 23.6 Å². The summed E-state index contributed by atoms with van der Waals surface area (Å²) < 4.78 is 0. The molecule has 3 amide bonds. The fourth-order valence-electron chi connectivity index (χ4n) is 2.92. The minimum atomic E-state index is -0.987. The van der Waals surface area contributed by atoms with Gasteiger partial charge in [0, 0.05) is 30.9 Å². The van der Waals surface area contributed by atoms with Gasteiger partial charge in [-0.15, -0.1) is 0 Å². The Balaban J connectivity index is 1.50. The molecule has 0 unspecified atom stereocenters. The van der Waals surface area contributed by atoms with Crippen LogP contribution in [0.15, 0.2) is 48.5 Å². The Morgan fingerprint density at radius 1 is 0.889 bits per heavy atom. The molecule has 140 valence electrons. The first kappa shape index (κ1) is 18.4. The van der Waals surface area contributed by atoms with E-state index in [1.165, 1.54) is 12.1 Å². The van der Waals surface area contributed by atoms with Crippen molar-refractivity contribution in [3.63, 3.8) is 0 Å². The van der Waals surface area contributed by atoms with Crippen LogP contribution in [0.4, 0.5) is 10.5 Å². The number of rotatable bonds is 5. The number of urea groups is 1. The number of amides is 3. The van der Waals surface area contributed by atoms with Crippen molar-refractivity contribution in [2.45, 2.75) is 19.4 Å². The highest BCUT2D eigenvalue weighted by Crippen LogP contribution is 2.15. The number of hydrogen-bond donors (Lipinski definition) is 3. The van der Waals surface area contributed by atoms with Gasteiger partial charge in [0.25, 0.3) is 5.91 Å². The summed E-state index contributed by atoms with van der Waals surface area (Å²) in [6, 6.07) is 12.7. The molecule has 1 aliphatic heterocycles. The minimum Gasteiger partial charge on any atom is -0.478 e. The zero-order chi connectivity index (χ0) is 19.2. The van der Waals surface area contributed by atoms with Crippen molar-refractivity contribution in [3.8, 4) is 0 Å². The molecule has 7 heteroatoms. The normalized spacial score (nSPS) is 13.3. The van der Waals surface area contributed by atoms with Gasteiger partial charge in [-0.2, -0.15) is 0 Å². The second kappa shape index (κ2) is 8.35. The van der Waals surface area contributed by atoms with E-state index in [9.17, 15) is 14.4 Å². The third-order valence-electron chi connectivity index (χ3n) is 4.44. The van der Waals surface area contributed by atoms with Gasteiger partial charge in [0.1, 0.15) is 0 Å².